The van der Waals surface area contributed by atoms with Crippen LogP contribution < -0.4 is 19.7 Å². The number of anilines is 1. The number of nitro benzene ring substituents is 1. The van der Waals surface area contributed by atoms with Crippen molar-refractivity contribution in [1.82, 2.24) is 5.32 Å². The number of hydrogen-bond donors (Lipinski definition) is 1. The molecule has 1 aliphatic heterocycles. The second kappa shape index (κ2) is 10.6. The van der Waals surface area contributed by atoms with Crippen molar-refractivity contribution in [2.75, 3.05) is 11.5 Å². The van der Waals surface area contributed by atoms with Crippen molar-refractivity contribution in [3.8, 4) is 11.5 Å². The lowest BCUT2D eigenvalue weighted by Crippen LogP contribution is -2.30. The van der Waals surface area contributed by atoms with Crippen molar-refractivity contribution in [2.24, 2.45) is 0 Å². The lowest BCUT2D eigenvalue weighted by atomic mass is 10.1. The van der Waals surface area contributed by atoms with Crippen LogP contribution >= 0.6 is 22.6 Å². The van der Waals surface area contributed by atoms with Crippen LogP contribution in [0.4, 0.5) is 16.2 Å². The highest BCUT2D eigenvalue weighted by molar-refractivity contribution is 14.1. The Morgan fingerprint density at radius 3 is 2.43 bits per heavy atom. The molecule has 3 amide bonds. The van der Waals surface area contributed by atoms with E-state index in [1.54, 1.807) is 54.6 Å². The van der Waals surface area contributed by atoms with E-state index in [4.69, 9.17) is 9.47 Å². The molecule has 0 aliphatic carbocycles. The van der Waals surface area contributed by atoms with Crippen molar-refractivity contribution in [1.29, 1.82) is 0 Å². The van der Waals surface area contributed by atoms with Gasteiger partial charge in [-0.2, -0.15) is 0 Å². The van der Waals surface area contributed by atoms with Gasteiger partial charge in [0.05, 0.1) is 20.8 Å². The average Bonchev–Trinajstić information content (AvgIpc) is 3.12. The second-order valence-corrected chi connectivity index (χ2v) is 8.60. The van der Waals surface area contributed by atoms with E-state index in [0.717, 1.165) is 14.0 Å². The molecule has 3 aromatic carbocycles. The third-order valence-corrected chi connectivity index (χ3v) is 5.87. The van der Waals surface area contributed by atoms with Crippen LogP contribution in [0.2, 0.25) is 0 Å². The van der Waals surface area contributed by atoms with Gasteiger partial charge in [-0.05, 0) is 83.1 Å². The minimum atomic E-state index is -0.518. The maximum absolute atomic E-state index is 12.9. The standard InChI is InChI=1S/C25H20IN3O6/c1-2-34-22-14-17(13-21-24(30)28(25(31)27-21)18-6-4-3-5-7-18)12-20(26)23(22)35-15-16-8-10-19(11-9-16)29(32)33/h3-14H,2,15H2,1H3,(H,27,31)/b21-13+. The molecule has 0 spiro atoms. The zero-order valence-corrected chi connectivity index (χ0v) is 20.7. The molecule has 0 unspecified atom stereocenters. The van der Waals surface area contributed by atoms with Gasteiger partial charge < -0.3 is 14.8 Å². The van der Waals surface area contributed by atoms with Gasteiger partial charge in [0.15, 0.2) is 11.5 Å². The largest absolute Gasteiger partial charge is 0.490 e. The Morgan fingerprint density at radius 2 is 1.77 bits per heavy atom. The van der Waals surface area contributed by atoms with Crippen LogP contribution in [0.15, 0.2) is 72.4 Å². The third-order valence-electron chi connectivity index (χ3n) is 5.07. The fraction of sp³-hybridized carbons (Fsp3) is 0.120. The highest BCUT2D eigenvalue weighted by atomic mass is 127. The van der Waals surface area contributed by atoms with Crippen molar-refractivity contribution in [3.05, 3.63) is 97.2 Å². The van der Waals surface area contributed by atoms with E-state index in [-0.39, 0.29) is 18.0 Å². The number of urea groups is 1. The van der Waals surface area contributed by atoms with Gasteiger partial charge in [0.1, 0.15) is 12.3 Å². The molecule has 35 heavy (non-hydrogen) atoms. The van der Waals surface area contributed by atoms with Gasteiger partial charge in [-0.25, -0.2) is 9.69 Å². The van der Waals surface area contributed by atoms with Gasteiger partial charge >= 0.3 is 6.03 Å². The number of nitrogens with one attached hydrogen (secondary N) is 1. The number of nitro groups is 1. The van der Waals surface area contributed by atoms with Crippen molar-refractivity contribution in [3.63, 3.8) is 0 Å². The highest BCUT2D eigenvalue weighted by Crippen LogP contribution is 2.36. The van der Waals surface area contributed by atoms with E-state index >= 15 is 0 Å². The smallest absolute Gasteiger partial charge is 0.333 e. The monoisotopic (exact) mass is 585 g/mol. The summed E-state index contributed by atoms with van der Waals surface area (Å²) in [6, 6.07) is 17.8. The van der Waals surface area contributed by atoms with E-state index in [2.05, 4.69) is 27.9 Å². The molecule has 1 N–H and O–H groups in total. The summed E-state index contributed by atoms with van der Waals surface area (Å²) in [5, 5.41) is 13.5. The number of rotatable bonds is 8. The predicted molar refractivity (Wildman–Crippen MR) is 138 cm³/mol. The van der Waals surface area contributed by atoms with Crippen LogP contribution in [0.25, 0.3) is 6.08 Å². The molecule has 0 bridgehead atoms. The van der Waals surface area contributed by atoms with E-state index < -0.39 is 16.9 Å². The number of hydrogen-bond acceptors (Lipinski definition) is 6. The summed E-state index contributed by atoms with van der Waals surface area (Å²) in [5.41, 5.74) is 2.06. The number of carbonyl (C=O) groups excluding carboxylic acids is 2. The molecule has 1 heterocycles. The summed E-state index contributed by atoms with van der Waals surface area (Å²) in [6.45, 7) is 2.42. The lowest BCUT2D eigenvalue weighted by molar-refractivity contribution is -0.384. The maximum atomic E-state index is 12.9. The fourth-order valence-electron chi connectivity index (χ4n) is 3.46. The number of para-hydroxylation sites is 1. The average molecular weight is 585 g/mol. The number of amides is 3. The van der Waals surface area contributed by atoms with Gasteiger partial charge in [-0.3, -0.25) is 14.9 Å². The van der Waals surface area contributed by atoms with Crippen molar-refractivity contribution in [2.45, 2.75) is 13.5 Å². The molecule has 10 heteroatoms. The first-order chi connectivity index (χ1) is 16.9. The molecule has 1 fully saturated rings. The molecule has 4 rings (SSSR count). The molecule has 0 radical (unpaired) electrons. The number of benzene rings is 3. The van der Waals surface area contributed by atoms with Crippen molar-refractivity contribution >= 4 is 52.0 Å². The van der Waals surface area contributed by atoms with Crippen LogP contribution in [0.5, 0.6) is 11.5 Å². The molecule has 1 saturated heterocycles. The topological polar surface area (TPSA) is 111 Å². The first-order valence-electron chi connectivity index (χ1n) is 10.6. The molecular formula is C25H20IN3O6. The SMILES string of the molecule is CCOc1cc(/C=C2/NC(=O)N(c3ccccc3)C2=O)cc(I)c1OCc1ccc([N+](=O)[O-])cc1. The molecule has 178 valence electrons. The normalized spacial score (nSPS) is 14.2. The summed E-state index contributed by atoms with van der Waals surface area (Å²) in [7, 11) is 0. The molecular weight excluding hydrogens is 565 g/mol. The number of imide groups is 1. The summed E-state index contributed by atoms with van der Waals surface area (Å²) < 4.78 is 12.5. The molecule has 3 aromatic rings. The van der Waals surface area contributed by atoms with Crippen LogP contribution in [0.3, 0.4) is 0 Å². The van der Waals surface area contributed by atoms with Gasteiger partial charge in [-0.15, -0.1) is 0 Å². The van der Waals surface area contributed by atoms with E-state index in [9.17, 15) is 19.7 Å². The molecule has 0 saturated carbocycles. The fourth-order valence-corrected chi connectivity index (χ4v) is 4.24. The number of nitrogens with zero attached hydrogens (tertiary/aromatic N) is 2. The second-order valence-electron chi connectivity index (χ2n) is 7.44. The Morgan fingerprint density at radius 1 is 1.06 bits per heavy atom. The minimum Gasteiger partial charge on any atom is -0.490 e. The van der Waals surface area contributed by atoms with Gasteiger partial charge in [0.2, 0.25) is 0 Å². The Kier molecular flexibility index (Phi) is 7.30. The quantitative estimate of drug-likeness (QED) is 0.127. The van der Waals surface area contributed by atoms with E-state index in [1.807, 2.05) is 13.0 Å². The van der Waals surface area contributed by atoms with Gasteiger partial charge in [-0.1, -0.05) is 18.2 Å². The Bertz CT molecular complexity index is 1310. The van der Waals surface area contributed by atoms with Crippen LogP contribution in [-0.4, -0.2) is 23.5 Å². The third kappa shape index (κ3) is 5.43. The summed E-state index contributed by atoms with van der Waals surface area (Å²) in [6.07, 6.45) is 1.59. The van der Waals surface area contributed by atoms with E-state index in [1.165, 1.54) is 12.1 Å². The lowest BCUT2D eigenvalue weighted by Gasteiger charge is -2.15. The number of ether oxygens (including phenoxy) is 2. The van der Waals surface area contributed by atoms with Crippen LogP contribution in [-0.2, 0) is 11.4 Å². The highest BCUT2D eigenvalue weighted by Gasteiger charge is 2.34. The van der Waals surface area contributed by atoms with Gasteiger partial charge in [0, 0.05) is 12.1 Å². The number of carbonyl (C=O) groups is 2. The number of non-ortho nitro benzene ring substituents is 1. The summed E-state index contributed by atoms with van der Waals surface area (Å²) in [4.78, 5) is 36.8. The molecule has 0 atom stereocenters. The Balaban J connectivity index is 1.57. The zero-order valence-electron chi connectivity index (χ0n) is 18.6. The first-order valence-corrected chi connectivity index (χ1v) is 11.7. The van der Waals surface area contributed by atoms with Crippen molar-refractivity contribution < 1.29 is 24.0 Å². The summed E-state index contributed by atoms with van der Waals surface area (Å²) in [5.74, 6) is 0.540. The van der Waals surface area contributed by atoms with Gasteiger partial charge in [0.25, 0.3) is 11.6 Å². The summed E-state index contributed by atoms with van der Waals surface area (Å²) >= 11 is 2.11. The minimum absolute atomic E-state index is 0.00936. The molecule has 1 aliphatic rings. The predicted octanol–water partition coefficient (Wildman–Crippen LogP) is 5.27. The maximum Gasteiger partial charge on any atom is 0.333 e. The molecule has 9 nitrogen and oxygen atoms in total. The Hall–Kier alpha value is -3.93. The van der Waals surface area contributed by atoms with Crippen LogP contribution in [0, 0.1) is 13.7 Å². The van der Waals surface area contributed by atoms with E-state index in [0.29, 0.717) is 29.4 Å². The molecule has 0 aromatic heterocycles. The van der Waals surface area contributed by atoms with Crippen LogP contribution in [0.1, 0.15) is 18.1 Å². The number of halogens is 1. The zero-order chi connectivity index (χ0) is 24.9. The Labute approximate surface area is 214 Å². The first kappa shape index (κ1) is 24.2.